The van der Waals surface area contributed by atoms with Crippen LogP contribution in [0.5, 0.6) is 5.75 Å². The second-order valence-corrected chi connectivity index (χ2v) is 5.76. The third-order valence-electron chi connectivity index (χ3n) is 3.63. The highest BCUT2D eigenvalue weighted by molar-refractivity contribution is 5.43. The molecule has 1 heterocycles. The minimum absolute atomic E-state index is 0.569. The molecule has 0 aliphatic heterocycles. The summed E-state index contributed by atoms with van der Waals surface area (Å²) in [6.07, 6.45) is 5.70. The molecule has 4 nitrogen and oxygen atoms in total. The number of imidazole rings is 1. The van der Waals surface area contributed by atoms with Crippen molar-refractivity contribution in [2.24, 2.45) is 5.92 Å². The molecule has 2 rings (SSSR count). The minimum Gasteiger partial charge on any atom is -0.496 e. The van der Waals surface area contributed by atoms with Crippen LogP contribution in [0.4, 0.5) is 0 Å². The maximum atomic E-state index is 5.40. The van der Waals surface area contributed by atoms with Gasteiger partial charge < -0.3 is 14.6 Å². The van der Waals surface area contributed by atoms with E-state index < -0.39 is 0 Å². The highest BCUT2D eigenvalue weighted by Crippen LogP contribution is 2.24. The van der Waals surface area contributed by atoms with Gasteiger partial charge in [0.15, 0.2) is 0 Å². The number of hydrogen-bond acceptors (Lipinski definition) is 3. The molecule has 0 fully saturated rings. The van der Waals surface area contributed by atoms with Crippen molar-refractivity contribution >= 4 is 0 Å². The fourth-order valence-electron chi connectivity index (χ4n) is 2.75. The maximum Gasteiger partial charge on any atom is 0.124 e. The fraction of sp³-hybridized carbons (Fsp3) is 0.471. The Balaban J connectivity index is 1.83. The Morgan fingerprint density at radius 2 is 2.00 bits per heavy atom. The first kappa shape index (κ1) is 15.6. The minimum atomic E-state index is 0.569. The molecule has 4 heteroatoms. The number of methoxy groups -OCH3 is 1. The van der Waals surface area contributed by atoms with Gasteiger partial charge in [-0.05, 0) is 43.0 Å². The van der Waals surface area contributed by atoms with Crippen molar-refractivity contribution < 1.29 is 4.74 Å². The molecule has 1 unspecified atom stereocenters. The summed E-state index contributed by atoms with van der Waals surface area (Å²) in [6, 6.07) is 4.39. The second kappa shape index (κ2) is 7.27. The number of hydrogen-bond donors (Lipinski definition) is 1. The monoisotopic (exact) mass is 287 g/mol. The van der Waals surface area contributed by atoms with Crippen molar-refractivity contribution in [1.82, 2.24) is 14.9 Å². The largest absolute Gasteiger partial charge is 0.496 e. The van der Waals surface area contributed by atoms with E-state index in [4.69, 9.17) is 4.74 Å². The van der Waals surface area contributed by atoms with Crippen LogP contribution in [0, 0.1) is 19.8 Å². The highest BCUT2D eigenvalue weighted by Gasteiger charge is 2.06. The van der Waals surface area contributed by atoms with E-state index >= 15 is 0 Å². The number of nitrogens with one attached hydrogen (secondary N) is 1. The highest BCUT2D eigenvalue weighted by atomic mass is 16.5. The quantitative estimate of drug-likeness (QED) is 0.851. The van der Waals surface area contributed by atoms with Gasteiger partial charge in [-0.1, -0.05) is 19.1 Å². The number of aromatic nitrogens is 2. The average molecular weight is 287 g/mol. The zero-order valence-electron chi connectivity index (χ0n) is 13.4. The lowest BCUT2D eigenvalue weighted by Crippen LogP contribution is -2.23. The molecular weight excluding hydrogens is 262 g/mol. The molecule has 1 aromatic carbocycles. The van der Waals surface area contributed by atoms with Crippen LogP contribution in [-0.4, -0.2) is 23.2 Å². The summed E-state index contributed by atoms with van der Waals surface area (Å²) in [5.74, 6) is 1.56. The summed E-state index contributed by atoms with van der Waals surface area (Å²) in [4.78, 5) is 4.07. The van der Waals surface area contributed by atoms with Crippen molar-refractivity contribution in [1.29, 1.82) is 0 Å². The molecule has 0 radical (unpaired) electrons. The normalized spacial score (nSPS) is 12.4. The summed E-state index contributed by atoms with van der Waals surface area (Å²) >= 11 is 0. The lowest BCUT2D eigenvalue weighted by atomic mass is 10.1. The summed E-state index contributed by atoms with van der Waals surface area (Å²) in [7, 11) is 1.73. The van der Waals surface area contributed by atoms with Gasteiger partial charge in [0.25, 0.3) is 0 Å². The molecule has 0 aliphatic carbocycles. The Bertz CT molecular complexity index is 540. The van der Waals surface area contributed by atoms with Crippen LogP contribution in [0.25, 0.3) is 0 Å². The van der Waals surface area contributed by atoms with E-state index in [1.54, 1.807) is 7.11 Å². The molecule has 0 saturated heterocycles. The van der Waals surface area contributed by atoms with Crippen LogP contribution in [0.2, 0.25) is 0 Å². The molecular formula is C17H25N3O. The number of aryl methyl sites for hydroxylation is 2. The van der Waals surface area contributed by atoms with Gasteiger partial charge in [0.1, 0.15) is 5.75 Å². The Morgan fingerprint density at radius 1 is 1.29 bits per heavy atom. The predicted octanol–water partition coefficient (Wildman–Crippen LogP) is 2.93. The third kappa shape index (κ3) is 4.33. The van der Waals surface area contributed by atoms with Gasteiger partial charge in [0, 0.05) is 25.5 Å². The topological polar surface area (TPSA) is 39.1 Å². The van der Waals surface area contributed by atoms with Gasteiger partial charge in [-0.3, -0.25) is 0 Å². The van der Waals surface area contributed by atoms with Crippen molar-refractivity contribution in [3.05, 3.63) is 47.5 Å². The van der Waals surface area contributed by atoms with Crippen molar-refractivity contribution in [3.63, 3.8) is 0 Å². The summed E-state index contributed by atoms with van der Waals surface area (Å²) in [5, 5.41) is 3.53. The molecule has 0 amide bonds. The first-order valence-electron chi connectivity index (χ1n) is 7.40. The van der Waals surface area contributed by atoms with Crippen LogP contribution in [0.15, 0.2) is 30.9 Å². The summed E-state index contributed by atoms with van der Waals surface area (Å²) in [5.41, 5.74) is 3.70. The number of nitrogens with zero attached hydrogens (tertiary/aromatic N) is 2. The van der Waals surface area contributed by atoms with Crippen molar-refractivity contribution in [3.8, 4) is 5.75 Å². The van der Waals surface area contributed by atoms with E-state index in [1.165, 1.54) is 16.7 Å². The first-order chi connectivity index (χ1) is 10.1. The van der Waals surface area contributed by atoms with E-state index in [9.17, 15) is 0 Å². The first-order valence-corrected chi connectivity index (χ1v) is 7.40. The predicted molar refractivity (Wildman–Crippen MR) is 85.6 cm³/mol. The Hall–Kier alpha value is -1.81. The molecule has 2 aromatic rings. The summed E-state index contributed by atoms with van der Waals surface area (Å²) < 4.78 is 7.52. The fourth-order valence-corrected chi connectivity index (χ4v) is 2.75. The third-order valence-corrected chi connectivity index (χ3v) is 3.63. The number of benzene rings is 1. The number of ether oxygens (including phenoxy) is 1. The second-order valence-electron chi connectivity index (χ2n) is 5.76. The molecule has 0 aliphatic rings. The molecule has 1 atom stereocenters. The van der Waals surface area contributed by atoms with Crippen LogP contribution < -0.4 is 10.1 Å². The van der Waals surface area contributed by atoms with Gasteiger partial charge in [0.2, 0.25) is 0 Å². The smallest absolute Gasteiger partial charge is 0.124 e. The Kier molecular flexibility index (Phi) is 5.39. The van der Waals surface area contributed by atoms with E-state index in [-0.39, 0.29) is 0 Å². The van der Waals surface area contributed by atoms with E-state index in [1.807, 2.05) is 18.7 Å². The molecule has 1 N–H and O–H groups in total. The van der Waals surface area contributed by atoms with Crippen LogP contribution in [0.3, 0.4) is 0 Å². The zero-order chi connectivity index (χ0) is 15.2. The van der Waals surface area contributed by atoms with Crippen LogP contribution in [0.1, 0.15) is 23.6 Å². The summed E-state index contributed by atoms with van der Waals surface area (Å²) in [6.45, 7) is 9.31. The van der Waals surface area contributed by atoms with Gasteiger partial charge >= 0.3 is 0 Å². The van der Waals surface area contributed by atoms with E-state index in [2.05, 4.69) is 47.8 Å². The maximum absolute atomic E-state index is 5.40. The standard InChI is InChI=1S/C17H25N3O/c1-13(11-20-6-5-18-12-20)9-19-10-16-7-14(2)17(21-4)15(3)8-16/h5-8,12-13,19H,9-11H2,1-4H3. The average Bonchev–Trinajstić information content (AvgIpc) is 2.91. The van der Waals surface area contributed by atoms with Crippen molar-refractivity contribution in [2.75, 3.05) is 13.7 Å². The van der Waals surface area contributed by atoms with Crippen molar-refractivity contribution in [2.45, 2.75) is 33.9 Å². The zero-order valence-corrected chi connectivity index (χ0v) is 13.4. The molecule has 114 valence electrons. The van der Waals surface area contributed by atoms with E-state index in [0.29, 0.717) is 5.92 Å². The molecule has 0 bridgehead atoms. The van der Waals surface area contributed by atoms with Crippen LogP contribution >= 0.6 is 0 Å². The van der Waals surface area contributed by atoms with E-state index in [0.717, 1.165) is 25.4 Å². The van der Waals surface area contributed by atoms with Gasteiger partial charge in [-0.2, -0.15) is 0 Å². The SMILES string of the molecule is COc1c(C)cc(CNCC(C)Cn2ccnc2)cc1C. The molecule has 21 heavy (non-hydrogen) atoms. The lowest BCUT2D eigenvalue weighted by molar-refractivity contribution is 0.408. The Morgan fingerprint density at radius 3 is 2.57 bits per heavy atom. The molecule has 0 saturated carbocycles. The molecule has 1 aromatic heterocycles. The Labute approximate surface area is 127 Å². The van der Waals surface area contributed by atoms with Crippen LogP contribution in [-0.2, 0) is 13.1 Å². The van der Waals surface area contributed by atoms with Gasteiger partial charge in [0.05, 0.1) is 13.4 Å². The van der Waals surface area contributed by atoms with Gasteiger partial charge in [-0.15, -0.1) is 0 Å². The van der Waals surface area contributed by atoms with Gasteiger partial charge in [-0.25, -0.2) is 4.98 Å². The molecule has 0 spiro atoms. The lowest BCUT2D eigenvalue weighted by Gasteiger charge is -2.15. The number of rotatable bonds is 7.